The highest BCUT2D eigenvalue weighted by molar-refractivity contribution is 5.74. The number of carbonyl (C=O) groups is 1. The Kier molecular flexibility index (Phi) is 7.85. The summed E-state index contributed by atoms with van der Waals surface area (Å²) in [5.41, 5.74) is 1.18. The molecular formula is C24H31F2N3O2. The molecule has 1 aliphatic heterocycles. The number of carbonyl (C=O) groups excluding carboxylic acids is 1. The zero-order valence-corrected chi connectivity index (χ0v) is 18.4. The van der Waals surface area contributed by atoms with Gasteiger partial charge in [0.15, 0.2) is 0 Å². The number of nitrogens with one attached hydrogen (secondary N) is 1. The Morgan fingerprint density at radius 2 is 1.81 bits per heavy atom. The lowest BCUT2D eigenvalue weighted by Crippen LogP contribution is -2.48. The van der Waals surface area contributed by atoms with Crippen LogP contribution in [0.4, 0.5) is 13.6 Å². The van der Waals surface area contributed by atoms with Crippen LogP contribution in [-0.2, 0) is 13.1 Å². The largest absolute Gasteiger partial charge is 0.491 e. The molecule has 168 valence electrons. The molecule has 1 fully saturated rings. The predicted octanol–water partition coefficient (Wildman–Crippen LogP) is 4.56. The van der Waals surface area contributed by atoms with Crippen molar-refractivity contribution in [3.05, 3.63) is 65.2 Å². The number of piperidine rings is 1. The van der Waals surface area contributed by atoms with Gasteiger partial charge < -0.3 is 19.9 Å². The van der Waals surface area contributed by atoms with Gasteiger partial charge in [-0.3, -0.25) is 0 Å². The van der Waals surface area contributed by atoms with Gasteiger partial charge in [-0.2, -0.15) is 0 Å². The molecule has 31 heavy (non-hydrogen) atoms. The SMILES string of the molecule is CC(C)Oc1ccc(CN(Cc2ccc(F)cc2F)C(=O)NC2CCN(C)CC2)cc1. The minimum Gasteiger partial charge on any atom is -0.491 e. The molecule has 0 bridgehead atoms. The second kappa shape index (κ2) is 10.6. The van der Waals surface area contributed by atoms with Gasteiger partial charge in [0.05, 0.1) is 12.6 Å². The minimum absolute atomic E-state index is 0.0504. The Hall–Kier alpha value is -2.67. The molecule has 1 saturated heterocycles. The summed E-state index contributed by atoms with van der Waals surface area (Å²) in [4.78, 5) is 16.9. The molecule has 2 aromatic rings. The maximum Gasteiger partial charge on any atom is 0.318 e. The molecule has 0 aromatic heterocycles. The van der Waals surface area contributed by atoms with Gasteiger partial charge in [-0.1, -0.05) is 18.2 Å². The first-order valence-electron chi connectivity index (χ1n) is 10.7. The van der Waals surface area contributed by atoms with E-state index < -0.39 is 11.6 Å². The zero-order valence-electron chi connectivity index (χ0n) is 18.4. The highest BCUT2D eigenvalue weighted by atomic mass is 19.1. The maximum atomic E-state index is 14.3. The van der Waals surface area contributed by atoms with Gasteiger partial charge in [0.2, 0.25) is 0 Å². The van der Waals surface area contributed by atoms with Gasteiger partial charge >= 0.3 is 6.03 Å². The number of ether oxygens (including phenoxy) is 1. The molecule has 5 nitrogen and oxygen atoms in total. The molecule has 0 saturated carbocycles. The van der Waals surface area contributed by atoms with E-state index in [2.05, 4.69) is 17.3 Å². The number of urea groups is 1. The minimum atomic E-state index is -0.655. The summed E-state index contributed by atoms with van der Waals surface area (Å²) in [6.45, 7) is 6.12. The lowest BCUT2D eigenvalue weighted by molar-refractivity contribution is 0.175. The van der Waals surface area contributed by atoms with E-state index in [1.165, 1.54) is 12.1 Å². The molecule has 1 heterocycles. The smallest absolute Gasteiger partial charge is 0.318 e. The average Bonchev–Trinajstić information content (AvgIpc) is 2.72. The van der Waals surface area contributed by atoms with Crippen LogP contribution in [0.3, 0.4) is 0 Å². The average molecular weight is 432 g/mol. The van der Waals surface area contributed by atoms with Crippen LogP contribution in [0.2, 0.25) is 0 Å². The van der Waals surface area contributed by atoms with Crippen LogP contribution in [0.5, 0.6) is 5.75 Å². The molecule has 2 aromatic carbocycles. The lowest BCUT2D eigenvalue weighted by Gasteiger charge is -2.32. The third-order valence-corrected chi connectivity index (χ3v) is 5.38. The van der Waals surface area contributed by atoms with E-state index in [-0.39, 0.29) is 30.3 Å². The van der Waals surface area contributed by atoms with Gasteiger partial charge in [-0.05, 0) is 70.6 Å². The lowest BCUT2D eigenvalue weighted by atomic mass is 10.1. The Bertz CT molecular complexity index is 866. The number of benzene rings is 2. The van der Waals surface area contributed by atoms with Crippen molar-refractivity contribution in [1.82, 2.24) is 15.1 Å². The van der Waals surface area contributed by atoms with Crippen LogP contribution >= 0.6 is 0 Å². The van der Waals surface area contributed by atoms with Gasteiger partial charge in [0.25, 0.3) is 0 Å². The number of rotatable bonds is 7. The predicted molar refractivity (Wildman–Crippen MR) is 117 cm³/mol. The van der Waals surface area contributed by atoms with E-state index in [1.54, 1.807) is 4.90 Å². The van der Waals surface area contributed by atoms with Crippen LogP contribution in [0.15, 0.2) is 42.5 Å². The molecule has 0 radical (unpaired) electrons. The number of likely N-dealkylation sites (tertiary alicyclic amines) is 1. The molecule has 3 rings (SSSR count). The Morgan fingerprint density at radius 3 is 2.42 bits per heavy atom. The monoisotopic (exact) mass is 431 g/mol. The first-order valence-corrected chi connectivity index (χ1v) is 10.7. The highest BCUT2D eigenvalue weighted by Gasteiger charge is 2.23. The molecule has 0 spiro atoms. The van der Waals surface area contributed by atoms with E-state index in [0.717, 1.165) is 43.3 Å². The topological polar surface area (TPSA) is 44.8 Å². The fourth-order valence-corrected chi connectivity index (χ4v) is 3.64. The fraction of sp³-hybridized carbons (Fsp3) is 0.458. The van der Waals surface area contributed by atoms with Crippen molar-refractivity contribution >= 4 is 6.03 Å². The first kappa shape index (κ1) is 23.0. The van der Waals surface area contributed by atoms with Crippen molar-refractivity contribution in [3.8, 4) is 5.75 Å². The fourth-order valence-electron chi connectivity index (χ4n) is 3.64. The van der Waals surface area contributed by atoms with Gasteiger partial charge in [0, 0.05) is 24.2 Å². The molecule has 2 amide bonds. The van der Waals surface area contributed by atoms with E-state index >= 15 is 0 Å². The first-order chi connectivity index (χ1) is 14.8. The van der Waals surface area contributed by atoms with Crippen molar-refractivity contribution in [3.63, 3.8) is 0 Å². The highest BCUT2D eigenvalue weighted by Crippen LogP contribution is 2.19. The van der Waals surface area contributed by atoms with E-state index in [1.807, 2.05) is 38.1 Å². The molecule has 1 aliphatic rings. The number of nitrogens with zero attached hydrogens (tertiary/aromatic N) is 2. The van der Waals surface area contributed by atoms with Crippen molar-refractivity contribution in [1.29, 1.82) is 0 Å². The number of hydrogen-bond donors (Lipinski definition) is 1. The van der Waals surface area contributed by atoms with Crippen molar-refractivity contribution < 1.29 is 18.3 Å². The van der Waals surface area contributed by atoms with Crippen molar-refractivity contribution in [2.75, 3.05) is 20.1 Å². The van der Waals surface area contributed by atoms with Crippen LogP contribution in [0.25, 0.3) is 0 Å². The third-order valence-electron chi connectivity index (χ3n) is 5.38. The molecule has 7 heteroatoms. The summed E-state index contributed by atoms with van der Waals surface area (Å²) in [6.07, 6.45) is 1.83. The second-order valence-electron chi connectivity index (χ2n) is 8.43. The van der Waals surface area contributed by atoms with Crippen molar-refractivity contribution in [2.24, 2.45) is 0 Å². The third kappa shape index (κ3) is 6.92. The van der Waals surface area contributed by atoms with Gasteiger partial charge in [0.1, 0.15) is 17.4 Å². The van der Waals surface area contributed by atoms with Gasteiger partial charge in [-0.15, -0.1) is 0 Å². The van der Waals surface area contributed by atoms with Crippen LogP contribution < -0.4 is 10.1 Å². The normalized spacial score (nSPS) is 15.2. The van der Waals surface area contributed by atoms with Gasteiger partial charge in [-0.25, -0.2) is 13.6 Å². The Labute approximate surface area is 183 Å². The van der Waals surface area contributed by atoms with Crippen LogP contribution in [0.1, 0.15) is 37.8 Å². The summed E-state index contributed by atoms with van der Waals surface area (Å²) < 4.78 is 33.3. The summed E-state index contributed by atoms with van der Waals surface area (Å²) in [5.74, 6) is -0.534. The Balaban J connectivity index is 1.73. The van der Waals surface area contributed by atoms with Crippen molar-refractivity contribution in [2.45, 2.75) is 51.9 Å². The molecule has 0 unspecified atom stereocenters. The summed E-state index contributed by atoms with van der Waals surface area (Å²) in [6, 6.07) is 10.8. The molecule has 0 aliphatic carbocycles. The number of amides is 2. The van der Waals surface area contributed by atoms with E-state index in [4.69, 9.17) is 4.74 Å². The molecule has 0 atom stereocenters. The maximum absolute atomic E-state index is 14.3. The summed E-state index contributed by atoms with van der Waals surface area (Å²) in [5, 5.41) is 3.09. The van der Waals surface area contributed by atoms with E-state index in [0.29, 0.717) is 6.54 Å². The summed E-state index contributed by atoms with van der Waals surface area (Å²) in [7, 11) is 2.06. The van der Waals surface area contributed by atoms with Crippen LogP contribution in [-0.4, -0.2) is 48.1 Å². The molecular weight excluding hydrogens is 400 g/mol. The zero-order chi connectivity index (χ0) is 22.4. The molecule has 1 N–H and O–H groups in total. The number of halogens is 2. The summed E-state index contributed by atoms with van der Waals surface area (Å²) >= 11 is 0. The standard InChI is InChI=1S/C24H31F2N3O2/c1-17(2)31-22-8-4-18(5-9-22)15-29(16-19-6-7-20(25)14-23(19)26)24(30)27-21-10-12-28(3)13-11-21/h4-9,14,17,21H,10-13,15-16H2,1-3H3,(H,27,30). The quantitative estimate of drug-likeness (QED) is 0.699. The second-order valence-corrected chi connectivity index (χ2v) is 8.43. The van der Waals surface area contributed by atoms with E-state index in [9.17, 15) is 13.6 Å². The van der Waals surface area contributed by atoms with Crippen LogP contribution in [0, 0.1) is 11.6 Å². The number of hydrogen-bond acceptors (Lipinski definition) is 3. The Morgan fingerprint density at radius 1 is 1.13 bits per heavy atom.